The van der Waals surface area contributed by atoms with Gasteiger partial charge in [0.15, 0.2) is 5.58 Å². The number of halogens is 1. The second kappa shape index (κ2) is 9.60. The van der Waals surface area contributed by atoms with E-state index in [0.29, 0.717) is 66.1 Å². The largest absolute Gasteiger partial charge is 0.487 e. The summed E-state index contributed by atoms with van der Waals surface area (Å²) in [5.41, 5.74) is 2.98. The number of anilines is 2. The van der Waals surface area contributed by atoms with Gasteiger partial charge in [-0.05, 0) is 33.6 Å². The highest BCUT2D eigenvalue weighted by atomic mass is 79.9. The Morgan fingerprint density at radius 3 is 2.67 bits per heavy atom. The molecule has 5 rings (SSSR count). The van der Waals surface area contributed by atoms with Crippen LogP contribution in [0.4, 0.5) is 11.7 Å². The SMILES string of the molecule is O=C(Nc1cc2oc(N3CCOCC3)nc2cc1OCc1ccccc1)c1cccc(Br)n1. The summed E-state index contributed by atoms with van der Waals surface area (Å²) in [5, 5.41) is 2.90. The molecule has 9 heteroatoms. The number of carbonyl (C=O) groups excluding carboxylic acids is 1. The third-order valence-electron chi connectivity index (χ3n) is 5.19. The highest BCUT2D eigenvalue weighted by Gasteiger charge is 2.20. The van der Waals surface area contributed by atoms with E-state index in [2.05, 4.69) is 31.2 Å². The number of morpholine rings is 1. The Morgan fingerprint density at radius 2 is 1.88 bits per heavy atom. The van der Waals surface area contributed by atoms with Crippen LogP contribution in [-0.4, -0.2) is 42.2 Å². The topological polar surface area (TPSA) is 89.7 Å². The van der Waals surface area contributed by atoms with E-state index < -0.39 is 0 Å². The molecular weight excluding hydrogens is 488 g/mol. The van der Waals surface area contributed by atoms with Crippen molar-refractivity contribution in [1.82, 2.24) is 9.97 Å². The predicted molar refractivity (Wildman–Crippen MR) is 128 cm³/mol. The number of nitrogens with zero attached hydrogens (tertiary/aromatic N) is 3. The molecule has 0 spiro atoms. The van der Waals surface area contributed by atoms with Gasteiger partial charge < -0.3 is 24.1 Å². The van der Waals surface area contributed by atoms with Crippen LogP contribution in [0, 0.1) is 0 Å². The third kappa shape index (κ3) is 4.99. The zero-order chi connectivity index (χ0) is 22.6. The Kier molecular flexibility index (Phi) is 6.23. The number of hydrogen-bond acceptors (Lipinski definition) is 7. The van der Waals surface area contributed by atoms with Gasteiger partial charge in [-0.3, -0.25) is 4.79 Å². The van der Waals surface area contributed by atoms with Gasteiger partial charge in [0.05, 0.1) is 18.9 Å². The molecule has 1 aliphatic heterocycles. The Morgan fingerprint density at radius 1 is 1.06 bits per heavy atom. The summed E-state index contributed by atoms with van der Waals surface area (Å²) in [7, 11) is 0. The number of carbonyl (C=O) groups is 1. The van der Waals surface area contributed by atoms with Gasteiger partial charge in [-0.2, -0.15) is 4.98 Å². The van der Waals surface area contributed by atoms with Crippen LogP contribution in [0.1, 0.15) is 16.1 Å². The molecule has 0 aliphatic carbocycles. The summed E-state index contributed by atoms with van der Waals surface area (Å²) in [6, 6.07) is 19.0. The van der Waals surface area contributed by atoms with Gasteiger partial charge >= 0.3 is 0 Å². The van der Waals surface area contributed by atoms with Crippen LogP contribution in [0.2, 0.25) is 0 Å². The second-order valence-electron chi connectivity index (χ2n) is 7.49. The molecular formula is C24H21BrN4O4. The van der Waals surface area contributed by atoms with Gasteiger partial charge in [0, 0.05) is 25.2 Å². The number of benzene rings is 2. The van der Waals surface area contributed by atoms with Gasteiger partial charge in [0.1, 0.15) is 28.2 Å². The number of fused-ring (bicyclic) bond motifs is 1. The summed E-state index contributed by atoms with van der Waals surface area (Å²) < 4.78 is 18.1. The molecule has 0 atom stereocenters. The van der Waals surface area contributed by atoms with Gasteiger partial charge in [0.25, 0.3) is 11.9 Å². The lowest BCUT2D eigenvalue weighted by Crippen LogP contribution is -2.36. The number of nitrogens with one attached hydrogen (secondary N) is 1. The summed E-state index contributed by atoms with van der Waals surface area (Å²) >= 11 is 3.30. The molecule has 8 nitrogen and oxygen atoms in total. The molecule has 1 aliphatic rings. The lowest BCUT2D eigenvalue weighted by atomic mass is 10.2. The van der Waals surface area contributed by atoms with E-state index in [4.69, 9.17) is 13.9 Å². The first-order valence-corrected chi connectivity index (χ1v) is 11.3. The molecule has 1 N–H and O–H groups in total. The van der Waals surface area contributed by atoms with Crippen molar-refractivity contribution in [1.29, 1.82) is 0 Å². The number of pyridine rings is 1. The number of ether oxygens (including phenoxy) is 2. The molecule has 33 heavy (non-hydrogen) atoms. The smallest absolute Gasteiger partial charge is 0.298 e. The molecule has 0 radical (unpaired) electrons. The number of hydrogen-bond donors (Lipinski definition) is 1. The average molecular weight is 509 g/mol. The summed E-state index contributed by atoms with van der Waals surface area (Å²) in [6.07, 6.45) is 0. The first-order chi connectivity index (χ1) is 16.2. The van der Waals surface area contributed by atoms with Crippen molar-refractivity contribution < 1.29 is 18.7 Å². The van der Waals surface area contributed by atoms with E-state index in [9.17, 15) is 4.79 Å². The zero-order valence-electron chi connectivity index (χ0n) is 17.7. The van der Waals surface area contributed by atoms with Gasteiger partial charge in [-0.25, -0.2) is 4.98 Å². The molecule has 2 aromatic carbocycles. The lowest BCUT2D eigenvalue weighted by molar-refractivity contribution is 0.102. The van der Waals surface area contributed by atoms with Gasteiger partial charge in [-0.15, -0.1) is 0 Å². The number of rotatable bonds is 6. The Hall–Kier alpha value is -3.43. The fraction of sp³-hybridized carbons (Fsp3) is 0.208. The van der Waals surface area contributed by atoms with Crippen LogP contribution in [-0.2, 0) is 11.3 Å². The first-order valence-electron chi connectivity index (χ1n) is 10.5. The monoisotopic (exact) mass is 508 g/mol. The third-order valence-corrected chi connectivity index (χ3v) is 5.63. The van der Waals surface area contributed by atoms with Crippen LogP contribution in [0.3, 0.4) is 0 Å². The maximum Gasteiger partial charge on any atom is 0.298 e. The molecule has 1 fully saturated rings. The van der Waals surface area contributed by atoms with Crippen molar-refractivity contribution in [2.75, 3.05) is 36.5 Å². The van der Waals surface area contributed by atoms with Crippen molar-refractivity contribution in [3.63, 3.8) is 0 Å². The molecule has 0 saturated carbocycles. The maximum absolute atomic E-state index is 12.9. The van der Waals surface area contributed by atoms with E-state index in [1.807, 2.05) is 35.2 Å². The fourth-order valence-electron chi connectivity index (χ4n) is 3.51. The first kappa shape index (κ1) is 21.4. The normalized spacial score (nSPS) is 13.8. The summed E-state index contributed by atoms with van der Waals surface area (Å²) in [5.74, 6) is 0.143. The maximum atomic E-state index is 12.9. The van der Waals surface area contributed by atoms with E-state index >= 15 is 0 Å². The minimum absolute atomic E-state index is 0.282. The Labute approximate surface area is 198 Å². The molecule has 0 unspecified atom stereocenters. The predicted octanol–water partition coefficient (Wildman–Crippen LogP) is 4.65. The van der Waals surface area contributed by atoms with E-state index in [-0.39, 0.29) is 11.6 Å². The Balaban J connectivity index is 1.47. The van der Waals surface area contributed by atoms with Crippen LogP contribution >= 0.6 is 15.9 Å². The van der Waals surface area contributed by atoms with Gasteiger partial charge in [0.2, 0.25) is 0 Å². The minimum atomic E-state index is -0.354. The van der Waals surface area contributed by atoms with Crippen molar-refractivity contribution in [2.24, 2.45) is 0 Å². The van der Waals surface area contributed by atoms with Crippen LogP contribution in [0.15, 0.2) is 69.7 Å². The van der Waals surface area contributed by atoms with Crippen LogP contribution in [0.5, 0.6) is 5.75 Å². The zero-order valence-corrected chi connectivity index (χ0v) is 19.2. The van der Waals surface area contributed by atoms with Crippen molar-refractivity contribution in [3.8, 4) is 5.75 Å². The average Bonchev–Trinajstić information content (AvgIpc) is 3.26. The van der Waals surface area contributed by atoms with E-state index in [1.54, 1.807) is 30.3 Å². The molecule has 1 amide bonds. The number of oxazole rings is 1. The molecule has 4 aromatic rings. The Bertz CT molecular complexity index is 1270. The molecule has 2 aromatic heterocycles. The van der Waals surface area contributed by atoms with Crippen molar-refractivity contribution in [3.05, 3.63) is 76.5 Å². The highest BCUT2D eigenvalue weighted by Crippen LogP contribution is 2.34. The van der Waals surface area contributed by atoms with Crippen LogP contribution in [0.25, 0.3) is 11.1 Å². The minimum Gasteiger partial charge on any atom is -0.487 e. The molecule has 168 valence electrons. The molecule has 0 bridgehead atoms. The number of aromatic nitrogens is 2. The quantitative estimate of drug-likeness (QED) is 0.379. The highest BCUT2D eigenvalue weighted by molar-refractivity contribution is 9.10. The van der Waals surface area contributed by atoms with E-state index in [1.165, 1.54) is 0 Å². The van der Waals surface area contributed by atoms with Gasteiger partial charge in [-0.1, -0.05) is 36.4 Å². The molecule has 1 saturated heterocycles. The van der Waals surface area contributed by atoms with Crippen molar-refractivity contribution in [2.45, 2.75) is 6.61 Å². The molecule has 3 heterocycles. The summed E-state index contributed by atoms with van der Waals surface area (Å²) in [4.78, 5) is 23.8. The second-order valence-corrected chi connectivity index (χ2v) is 8.30. The fourth-order valence-corrected chi connectivity index (χ4v) is 3.85. The number of amides is 1. The van der Waals surface area contributed by atoms with E-state index in [0.717, 1.165) is 5.56 Å². The lowest BCUT2D eigenvalue weighted by Gasteiger charge is -2.24. The summed E-state index contributed by atoms with van der Waals surface area (Å²) in [6.45, 7) is 3.03. The standard InChI is InChI=1S/C24H21BrN4O4/c25-22-8-4-7-17(26-22)23(30)27-18-14-21-19(28-24(33-21)29-9-11-31-12-10-29)13-20(18)32-15-16-5-2-1-3-6-16/h1-8,13-14H,9-12,15H2,(H,27,30). The van der Waals surface area contributed by atoms with Crippen LogP contribution < -0.4 is 15.0 Å². The van der Waals surface area contributed by atoms with Crippen molar-refractivity contribution >= 4 is 44.6 Å².